The van der Waals surface area contributed by atoms with Crippen LogP contribution in [0, 0.1) is 6.92 Å². The van der Waals surface area contributed by atoms with Gasteiger partial charge in [0.15, 0.2) is 6.61 Å². The summed E-state index contributed by atoms with van der Waals surface area (Å²) in [4.78, 5) is 4.04. The number of benzene rings is 1. The molecule has 23 heavy (non-hydrogen) atoms. The Balaban J connectivity index is 2.41. The highest BCUT2D eigenvalue weighted by molar-refractivity contribution is 9.10. The molecule has 0 amide bonds. The number of anilines is 1. The van der Waals surface area contributed by atoms with E-state index in [1.165, 1.54) is 24.3 Å². The summed E-state index contributed by atoms with van der Waals surface area (Å²) in [5.41, 5.74) is 3.10. The standard InChI is InChI=1S/C15H14BrF3N2OS/c1-9-5-10(21-23-2)3-4-11(9)12-6-20-7-13(16)14(12)22-8-15(17,18)19/h3-7,21H,8H2,1-2H3. The summed E-state index contributed by atoms with van der Waals surface area (Å²) in [6, 6.07) is 5.60. The lowest BCUT2D eigenvalue weighted by Crippen LogP contribution is -2.19. The molecule has 0 spiro atoms. The molecule has 0 atom stereocenters. The van der Waals surface area contributed by atoms with Gasteiger partial charge in [0.25, 0.3) is 0 Å². The van der Waals surface area contributed by atoms with E-state index in [9.17, 15) is 13.2 Å². The summed E-state index contributed by atoms with van der Waals surface area (Å²) in [7, 11) is 0. The number of hydrogen-bond acceptors (Lipinski definition) is 4. The molecule has 1 aromatic carbocycles. The minimum atomic E-state index is -4.40. The molecule has 1 N–H and O–H groups in total. The fraction of sp³-hybridized carbons (Fsp3) is 0.267. The molecule has 0 unspecified atom stereocenters. The van der Waals surface area contributed by atoms with Crippen LogP contribution in [-0.2, 0) is 0 Å². The van der Waals surface area contributed by atoms with E-state index in [0.717, 1.165) is 16.8 Å². The first-order chi connectivity index (χ1) is 10.8. The smallest absolute Gasteiger partial charge is 0.422 e. The average molecular weight is 407 g/mol. The third kappa shape index (κ3) is 4.78. The largest absolute Gasteiger partial charge is 0.482 e. The second-order valence-corrected chi connectivity index (χ2v) is 6.20. The summed E-state index contributed by atoms with van der Waals surface area (Å²) >= 11 is 4.67. The van der Waals surface area contributed by atoms with Crippen LogP contribution in [-0.4, -0.2) is 24.0 Å². The van der Waals surface area contributed by atoms with Crippen LogP contribution in [0.15, 0.2) is 35.1 Å². The Morgan fingerprint density at radius 2 is 2.00 bits per heavy atom. The predicted octanol–water partition coefficient (Wildman–Crippen LogP) is 5.45. The number of pyridine rings is 1. The van der Waals surface area contributed by atoms with Gasteiger partial charge >= 0.3 is 6.18 Å². The summed E-state index contributed by atoms with van der Waals surface area (Å²) in [6.07, 6.45) is 0.417. The van der Waals surface area contributed by atoms with Crippen LogP contribution in [0.25, 0.3) is 11.1 Å². The van der Waals surface area contributed by atoms with Crippen molar-refractivity contribution < 1.29 is 17.9 Å². The van der Waals surface area contributed by atoms with E-state index in [2.05, 4.69) is 25.6 Å². The topological polar surface area (TPSA) is 34.2 Å². The molecule has 1 heterocycles. The maximum Gasteiger partial charge on any atom is 0.422 e. The highest BCUT2D eigenvalue weighted by Gasteiger charge is 2.29. The number of nitrogens with one attached hydrogen (secondary N) is 1. The van der Waals surface area contributed by atoms with E-state index in [0.29, 0.717) is 10.0 Å². The highest BCUT2D eigenvalue weighted by Crippen LogP contribution is 2.38. The summed E-state index contributed by atoms with van der Waals surface area (Å²) in [5, 5.41) is 0. The van der Waals surface area contributed by atoms with Crippen LogP contribution in [0.1, 0.15) is 5.56 Å². The molecular formula is C15H14BrF3N2OS. The molecular weight excluding hydrogens is 393 g/mol. The van der Waals surface area contributed by atoms with Gasteiger partial charge in [-0.2, -0.15) is 13.2 Å². The molecule has 3 nitrogen and oxygen atoms in total. The SMILES string of the molecule is CSNc1ccc(-c2cncc(Br)c2OCC(F)(F)F)c(C)c1. The van der Waals surface area contributed by atoms with Crippen molar-refractivity contribution in [1.29, 1.82) is 0 Å². The Labute approximate surface area is 144 Å². The normalized spacial score (nSPS) is 11.4. The van der Waals surface area contributed by atoms with Gasteiger partial charge in [-0.1, -0.05) is 18.0 Å². The van der Waals surface area contributed by atoms with Crippen molar-refractivity contribution in [1.82, 2.24) is 4.98 Å². The Bertz CT molecular complexity index is 695. The third-order valence-corrected chi connectivity index (χ3v) is 3.97. The zero-order valence-electron chi connectivity index (χ0n) is 12.4. The number of ether oxygens (including phenoxy) is 1. The number of aromatic nitrogens is 1. The first-order valence-corrected chi connectivity index (χ1v) is 8.56. The van der Waals surface area contributed by atoms with Gasteiger partial charge in [-0.25, -0.2) is 0 Å². The molecule has 124 valence electrons. The van der Waals surface area contributed by atoms with E-state index in [-0.39, 0.29) is 5.75 Å². The van der Waals surface area contributed by atoms with E-state index in [1.54, 1.807) is 0 Å². The maximum atomic E-state index is 12.5. The number of hydrogen-bond donors (Lipinski definition) is 1. The van der Waals surface area contributed by atoms with Crippen molar-refractivity contribution in [2.45, 2.75) is 13.1 Å². The zero-order valence-corrected chi connectivity index (χ0v) is 14.8. The number of nitrogens with zero attached hydrogens (tertiary/aromatic N) is 1. The molecule has 0 bridgehead atoms. The molecule has 2 rings (SSSR count). The summed E-state index contributed by atoms with van der Waals surface area (Å²) in [5.74, 6) is 0.131. The molecule has 0 saturated carbocycles. The van der Waals surface area contributed by atoms with Crippen molar-refractivity contribution >= 4 is 33.6 Å². The Morgan fingerprint density at radius 3 is 2.61 bits per heavy atom. The number of halogens is 4. The number of rotatable bonds is 5. The predicted molar refractivity (Wildman–Crippen MR) is 90.8 cm³/mol. The molecule has 1 aromatic heterocycles. The molecule has 8 heteroatoms. The van der Waals surface area contributed by atoms with Crippen molar-refractivity contribution in [3.8, 4) is 16.9 Å². The molecule has 0 aliphatic heterocycles. The van der Waals surface area contributed by atoms with Crippen molar-refractivity contribution in [2.75, 3.05) is 17.6 Å². The second kappa shape index (κ2) is 7.44. The third-order valence-electron chi connectivity index (χ3n) is 2.97. The van der Waals surface area contributed by atoms with Gasteiger partial charge in [-0.15, -0.1) is 0 Å². The number of aryl methyl sites for hydroxylation is 1. The Kier molecular flexibility index (Phi) is 5.80. The van der Waals surface area contributed by atoms with Gasteiger partial charge in [-0.05, 0) is 46.1 Å². The van der Waals surface area contributed by atoms with Crippen molar-refractivity contribution in [3.63, 3.8) is 0 Å². The van der Waals surface area contributed by atoms with Gasteiger partial charge < -0.3 is 9.46 Å². The van der Waals surface area contributed by atoms with E-state index >= 15 is 0 Å². The monoisotopic (exact) mass is 406 g/mol. The van der Waals surface area contributed by atoms with E-state index < -0.39 is 12.8 Å². The van der Waals surface area contributed by atoms with Crippen LogP contribution < -0.4 is 9.46 Å². The second-order valence-electron chi connectivity index (χ2n) is 4.74. The molecule has 0 aliphatic carbocycles. The van der Waals surface area contributed by atoms with Gasteiger partial charge in [-0.3, -0.25) is 4.98 Å². The van der Waals surface area contributed by atoms with Crippen molar-refractivity contribution in [3.05, 3.63) is 40.6 Å². The molecule has 0 aliphatic rings. The maximum absolute atomic E-state index is 12.5. The quantitative estimate of drug-likeness (QED) is 0.669. The van der Waals surface area contributed by atoms with Crippen LogP contribution in [0.4, 0.5) is 18.9 Å². The number of alkyl halides is 3. The molecule has 0 radical (unpaired) electrons. The minimum absolute atomic E-state index is 0.131. The fourth-order valence-corrected chi connectivity index (χ4v) is 2.87. The van der Waals surface area contributed by atoms with Gasteiger partial charge in [0.05, 0.1) is 4.47 Å². The van der Waals surface area contributed by atoms with Gasteiger partial charge in [0, 0.05) is 29.9 Å². The summed E-state index contributed by atoms with van der Waals surface area (Å²) < 4.78 is 45.9. The fourth-order valence-electron chi connectivity index (χ4n) is 2.06. The minimum Gasteiger partial charge on any atom is -0.482 e. The van der Waals surface area contributed by atoms with Crippen LogP contribution in [0.2, 0.25) is 0 Å². The lowest BCUT2D eigenvalue weighted by atomic mass is 10.0. The first kappa shape index (κ1) is 17.9. The molecule has 2 aromatic rings. The Morgan fingerprint density at radius 1 is 1.26 bits per heavy atom. The Hall–Kier alpha value is -1.41. The molecule has 0 fully saturated rings. The van der Waals surface area contributed by atoms with Crippen LogP contribution in [0.5, 0.6) is 5.75 Å². The average Bonchev–Trinajstić information content (AvgIpc) is 2.45. The summed E-state index contributed by atoms with van der Waals surface area (Å²) in [6.45, 7) is 0.531. The van der Waals surface area contributed by atoms with Gasteiger partial charge in [0.2, 0.25) is 0 Å². The van der Waals surface area contributed by atoms with Crippen LogP contribution >= 0.6 is 27.9 Å². The van der Waals surface area contributed by atoms with Crippen LogP contribution in [0.3, 0.4) is 0 Å². The lowest BCUT2D eigenvalue weighted by molar-refractivity contribution is -0.153. The van der Waals surface area contributed by atoms with E-state index in [4.69, 9.17) is 4.74 Å². The van der Waals surface area contributed by atoms with E-state index in [1.807, 2.05) is 31.4 Å². The van der Waals surface area contributed by atoms with Gasteiger partial charge in [0.1, 0.15) is 5.75 Å². The highest BCUT2D eigenvalue weighted by atomic mass is 79.9. The molecule has 0 saturated heterocycles. The zero-order chi connectivity index (χ0) is 17.0. The lowest BCUT2D eigenvalue weighted by Gasteiger charge is -2.16. The van der Waals surface area contributed by atoms with Crippen molar-refractivity contribution in [2.24, 2.45) is 0 Å². The first-order valence-electron chi connectivity index (χ1n) is 6.55.